The maximum absolute atomic E-state index is 11.9. The number of hydrogen-bond donors (Lipinski definition) is 0. The van der Waals surface area contributed by atoms with E-state index in [1.54, 1.807) is 24.5 Å². The molecule has 23 heavy (non-hydrogen) atoms. The summed E-state index contributed by atoms with van der Waals surface area (Å²) >= 11 is 2.08. The molecule has 6 heteroatoms. The van der Waals surface area contributed by atoms with E-state index in [-0.39, 0.29) is 6.61 Å². The Balaban J connectivity index is 2.20. The van der Waals surface area contributed by atoms with E-state index in [1.807, 2.05) is 12.1 Å². The Morgan fingerprint density at radius 2 is 2.26 bits per heavy atom. The first-order chi connectivity index (χ1) is 11.2. The summed E-state index contributed by atoms with van der Waals surface area (Å²) in [6, 6.07) is 6.99. The van der Waals surface area contributed by atoms with Crippen molar-refractivity contribution in [1.82, 2.24) is 4.98 Å². The molecule has 1 aromatic heterocycles. The van der Waals surface area contributed by atoms with Gasteiger partial charge < -0.3 is 14.2 Å². The topological polar surface area (TPSA) is 57.7 Å². The summed E-state index contributed by atoms with van der Waals surface area (Å²) in [7, 11) is 1.51. The van der Waals surface area contributed by atoms with Gasteiger partial charge in [-0.2, -0.15) is 0 Å². The molecule has 0 fully saturated rings. The number of esters is 1. The van der Waals surface area contributed by atoms with Crippen LogP contribution in [0.2, 0.25) is 0 Å². The van der Waals surface area contributed by atoms with Gasteiger partial charge in [0, 0.05) is 18.0 Å². The van der Waals surface area contributed by atoms with Crippen LogP contribution in [0, 0.1) is 15.9 Å². The smallest absolute Gasteiger partial charge is 0.339 e. The number of rotatable bonds is 6. The molecule has 0 N–H and O–H groups in total. The molecular formula is C17H14INO4. The molecule has 0 bridgehead atoms. The number of nitrogens with zero attached hydrogens (tertiary/aromatic N) is 1. The first kappa shape index (κ1) is 17.1. The Hall–Kier alpha value is -2.27. The van der Waals surface area contributed by atoms with Gasteiger partial charge in [-0.3, -0.25) is 4.98 Å². The Labute approximate surface area is 148 Å². The molecular weight excluding hydrogens is 409 g/mol. The highest BCUT2D eigenvalue weighted by molar-refractivity contribution is 14.1. The first-order valence-corrected chi connectivity index (χ1v) is 7.73. The highest BCUT2D eigenvalue weighted by atomic mass is 127. The molecule has 5 nitrogen and oxygen atoms in total. The summed E-state index contributed by atoms with van der Waals surface area (Å²) in [6.45, 7) is 0.276. The highest BCUT2D eigenvalue weighted by Crippen LogP contribution is 2.34. The standard InChI is InChI=1S/C17H14INO4/c1-3-7-22-17(20)13-8-14(18)16(15(9-13)21-2)23-11-12-5-4-6-19-10-12/h1,4-6,8-10H,7,11H2,2H3. The minimum atomic E-state index is -0.502. The first-order valence-electron chi connectivity index (χ1n) is 6.65. The number of carbonyl (C=O) groups excluding carboxylic acids is 1. The van der Waals surface area contributed by atoms with Gasteiger partial charge in [0.1, 0.15) is 6.61 Å². The summed E-state index contributed by atoms with van der Waals surface area (Å²) in [4.78, 5) is 15.9. The predicted octanol–water partition coefficient (Wildman–Crippen LogP) is 3.06. The molecule has 2 aromatic rings. The van der Waals surface area contributed by atoms with Gasteiger partial charge in [0.15, 0.2) is 18.1 Å². The number of ether oxygens (including phenoxy) is 3. The van der Waals surface area contributed by atoms with Crippen LogP contribution in [0.5, 0.6) is 11.5 Å². The van der Waals surface area contributed by atoms with Gasteiger partial charge in [-0.05, 0) is 40.8 Å². The fourth-order valence-corrected chi connectivity index (χ4v) is 2.56. The van der Waals surface area contributed by atoms with E-state index in [0.29, 0.717) is 23.7 Å². The highest BCUT2D eigenvalue weighted by Gasteiger charge is 2.16. The fraction of sp³-hybridized carbons (Fsp3) is 0.176. The molecule has 0 radical (unpaired) electrons. The lowest BCUT2D eigenvalue weighted by Crippen LogP contribution is -2.07. The van der Waals surface area contributed by atoms with Crippen LogP contribution in [0.25, 0.3) is 0 Å². The zero-order valence-electron chi connectivity index (χ0n) is 12.4. The van der Waals surface area contributed by atoms with Crippen molar-refractivity contribution >= 4 is 28.6 Å². The van der Waals surface area contributed by atoms with E-state index in [9.17, 15) is 4.79 Å². The SMILES string of the molecule is C#CCOC(=O)c1cc(I)c(OCc2cccnc2)c(OC)c1. The third kappa shape index (κ3) is 4.60. The molecule has 0 saturated carbocycles. The van der Waals surface area contributed by atoms with Gasteiger partial charge in [0.2, 0.25) is 0 Å². The van der Waals surface area contributed by atoms with Gasteiger partial charge in [0.05, 0.1) is 16.2 Å². The summed E-state index contributed by atoms with van der Waals surface area (Å²) < 4.78 is 16.8. The Morgan fingerprint density at radius 1 is 1.43 bits per heavy atom. The van der Waals surface area contributed by atoms with Crippen LogP contribution in [-0.2, 0) is 11.3 Å². The third-order valence-corrected chi connectivity index (χ3v) is 3.66. The minimum absolute atomic E-state index is 0.0724. The molecule has 2 rings (SSSR count). The van der Waals surface area contributed by atoms with Gasteiger partial charge in [-0.15, -0.1) is 6.42 Å². The molecule has 0 atom stereocenters. The molecule has 0 aliphatic carbocycles. The minimum Gasteiger partial charge on any atom is -0.493 e. The van der Waals surface area contributed by atoms with Crippen LogP contribution >= 0.6 is 22.6 Å². The quantitative estimate of drug-likeness (QED) is 0.406. The van der Waals surface area contributed by atoms with Crippen LogP contribution in [0.3, 0.4) is 0 Å². The van der Waals surface area contributed by atoms with Crippen molar-refractivity contribution in [3.05, 3.63) is 51.4 Å². The summed E-state index contributed by atoms with van der Waals surface area (Å²) in [6.07, 6.45) is 8.51. The van der Waals surface area contributed by atoms with Crippen molar-refractivity contribution in [2.75, 3.05) is 13.7 Å². The number of methoxy groups -OCH3 is 1. The second kappa shape index (κ2) is 8.39. The molecule has 1 aromatic carbocycles. The van der Waals surface area contributed by atoms with E-state index in [1.165, 1.54) is 7.11 Å². The Kier molecular flexibility index (Phi) is 6.23. The van der Waals surface area contributed by atoms with Gasteiger partial charge in [0.25, 0.3) is 0 Å². The van der Waals surface area contributed by atoms with Crippen LogP contribution in [0.15, 0.2) is 36.7 Å². The van der Waals surface area contributed by atoms with E-state index >= 15 is 0 Å². The van der Waals surface area contributed by atoms with E-state index in [0.717, 1.165) is 9.13 Å². The summed E-state index contributed by atoms with van der Waals surface area (Å²) in [5.74, 6) is 2.77. The Bertz CT molecular complexity index is 725. The van der Waals surface area contributed by atoms with Crippen molar-refractivity contribution < 1.29 is 19.0 Å². The molecule has 1 heterocycles. The van der Waals surface area contributed by atoms with Crippen molar-refractivity contribution in [2.45, 2.75) is 6.61 Å². The largest absolute Gasteiger partial charge is 0.493 e. The maximum atomic E-state index is 11.9. The predicted molar refractivity (Wildman–Crippen MR) is 93.4 cm³/mol. The number of carbonyl (C=O) groups is 1. The van der Waals surface area contributed by atoms with Crippen molar-refractivity contribution in [3.8, 4) is 23.8 Å². The number of benzene rings is 1. The monoisotopic (exact) mass is 423 g/mol. The molecule has 0 aliphatic heterocycles. The van der Waals surface area contributed by atoms with Crippen LogP contribution in [0.4, 0.5) is 0 Å². The van der Waals surface area contributed by atoms with Gasteiger partial charge in [-0.25, -0.2) is 4.79 Å². The van der Waals surface area contributed by atoms with Gasteiger partial charge in [-0.1, -0.05) is 12.0 Å². The molecule has 118 valence electrons. The van der Waals surface area contributed by atoms with Crippen molar-refractivity contribution in [3.63, 3.8) is 0 Å². The number of terminal acetylenes is 1. The van der Waals surface area contributed by atoms with Crippen LogP contribution in [-0.4, -0.2) is 24.7 Å². The average Bonchev–Trinajstić information content (AvgIpc) is 2.58. The number of pyridine rings is 1. The lowest BCUT2D eigenvalue weighted by atomic mass is 10.2. The second-order valence-electron chi connectivity index (χ2n) is 4.42. The molecule has 0 saturated heterocycles. The van der Waals surface area contributed by atoms with Crippen molar-refractivity contribution in [2.24, 2.45) is 0 Å². The number of hydrogen-bond acceptors (Lipinski definition) is 5. The lowest BCUT2D eigenvalue weighted by molar-refractivity contribution is 0.0556. The molecule has 0 spiro atoms. The second-order valence-corrected chi connectivity index (χ2v) is 5.58. The zero-order valence-corrected chi connectivity index (χ0v) is 14.6. The third-order valence-electron chi connectivity index (χ3n) is 2.86. The number of aromatic nitrogens is 1. The summed E-state index contributed by atoms with van der Waals surface area (Å²) in [5.41, 5.74) is 1.29. The average molecular weight is 423 g/mol. The van der Waals surface area contributed by atoms with Crippen LogP contribution < -0.4 is 9.47 Å². The van der Waals surface area contributed by atoms with E-state index in [4.69, 9.17) is 20.6 Å². The molecule has 0 aliphatic rings. The summed E-state index contributed by atoms with van der Waals surface area (Å²) in [5, 5.41) is 0. The van der Waals surface area contributed by atoms with Gasteiger partial charge >= 0.3 is 5.97 Å². The van der Waals surface area contributed by atoms with E-state index in [2.05, 4.69) is 33.5 Å². The fourth-order valence-electron chi connectivity index (χ4n) is 1.81. The van der Waals surface area contributed by atoms with E-state index < -0.39 is 5.97 Å². The molecule has 0 unspecified atom stereocenters. The van der Waals surface area contributed by atoms with Crippen molar-refractivity contribution in [1.29, 1.82) is 0 Å². The lowest BCUT2D eigenvalue weighted by Gasteiger charge is -2.14. The Morgan fingerprint density at radius 3 is 2.91 bits per heavy atom. The van der Waals surface area contributed by atoms with Crippen LogP contribution in [0.1, 0.15) is 15.9 Å². The number of halogens is 1. The normalized spacial score (nSPS) is 9.78. The maximum Gasteiger partial charge on any atom is 0.339 e. The molecule has 0 amide bonds. The zero-order chi connectivity index (χ0) is 16.7.